The van der Waals surface area contributed by atoms with Gasteiger partial charge in [-0.1, -0.05) is 78.1 Å². The van der Waals surface area contributed by atoms with E-state index >= 15 is 0 Å². The van der Waals surface area contributed by atoms with Gasteiger partial charge in [0.1, 0.15) is 0 Å². The lowest BCUT2D eigenvalue weighted by atomic mass is 9.53. The number of unbranched alkanes of at least 4 members (excludes halogenated alkanes) is 7. The Morgan fingerprint density at radius 2 is 1.21 bits per heavy atom. The van der Waals surface area contributed by atoms with Crippen LogP contribution < -0.4 is 0 Å². The molecule has 4 nitrogen and oxygen atoms in total. The Labute approximate surface area is 147 Å². The summed E-state index contributed by atoms with van der Waals surface area (Å²) in [4.78, 5) is 24.1. The van der Waals surface area contributed by atoms with E-state index in [9.17, 15) is 19.8 Å². The highest BCUT2D eigenvalue weighted by molar-refractivity contribution is 5.87. The quantitative estimate of drug-likeness (QED) is 0.451. The zero-order valence-corrected chi connectivity index (χ0v) is 15.6. The van der Waals surface area contributed by atoms with Crippen LogP contribution in [0.15, 0.2) is 0 Å². The Morgan fingerprint density at radius 3 is 1.67 bits per heavy atom. The van der Waals surface area contributed by atoms with Crippen LogP contribution in [-0.4, -0.2) is 22.2 Å². The molecular weight excluding hydrogens is 304 g/mol. The predicted molar refractivity (Wildman–Crippen MR) is 96.1 cm³/mol. The van der Waals surface area contributed by atoms with Gasteiger partial charge in [0.25, 0.3) is 0 Å². The maximum absolute atomic E-state index is 12.1. The summed E-state index contributed by atoms with van der Waals surface area (Å²) in [6.45, 7) is 4.04. The Kier molecular flexibility index (Phi) is 8.79. The molecule has 0 aromatic carbocycles. The molecule has 0 aromatic heterocycles. The number of hydrogen-bond donors (Lipinski definition) is 2. The van der Waals surface area contributed by atoms with Crippen LogP contribution in [0.4, 0.5) is 0 Å². The second-order valence-corrected chi connectivity index (χ2v) is 7.56. The molecule has 0 heterocycles. The van der Waals surface area contributed by atoms with Crippen LogP contribution in [0.25, 0.3) is 0 Å². The third kappa shape index (κ3) is 4.52. The third-order valence-electron chi connectivity index (χ3n) is 6.25. The normalized spacial score (nSPS) is 27.1. The fourth-order valence-electron chi connectivity index (χ4n) is 4.65. The van der Waals surface area contributed by atoms with Gasteiger partial charge in [-0.25, -0.2) is 0 Å². The number of carboxylic acid groups (broad SMARTS) is 2. The zero-order valence-electron chi connectivity index (χ0n) is 15.6. The first-order valence-electron chi connectivity index (χ1n) is 9.93. The fraction of sp³-hybridized carbons (Fsp3) is 0.900. The number of carboxylic acids is 2. The summed E-state index contributed by atoms with van der Waals surface area (Å²) in [7, 11) is 0. The van der Waals surface area contributed by atoms with Crippen molar-refractivity contribution < 1.29 is 19.8 Å². The van der Waals surface area contributed by atoms with Crippen LogP contribution in [0.3, 0.4) is 0 Å². The Balaban J connectivity index is 2.63. The highest BCUT2D eigenvalue weighted by atomic mass is 16.4. The molecule has 0 bridgehead atoms. The summed E-state index contributed by atoms with van der Waals surface area (Å²) in [5.41, 5.74) is -2.16. The van der Waals surface area contributed by atoms with E-state index in [1.165, 1.54) is 32.1 Å². The summed E-state index contributed by atoms with van der Waals surface area (Å²) in [6, 6.07) is 0. The first kappa shape index (κ1) is 21.0. The van der Waals surface area contributed by atoms with E-state index in [1.807, 2.05) is 6.92 Å². The molecule has 2 atom stereocenters. The average molecular weight is 341 g/mol. The molecule has 1 aliphatic carbocycles. The Morgan fingerprint density at radius 1 is 0.750 bits per heavy atom. The summed E-state index contributed by atoms with van der Waals surface area (Å²) >= 11 is 0. The van der Waals surface area contributed by atoms with Crippen LogP contribution in [0, 0.1) is 10.8 Å². The summed E-state index contributed by atoms with van der Waals surface area (Å²) in [5, 5.41) is 19.8. The van der Waals surface area contributed by atoms with Gasteiger partial charge in [0.05, 0.1) is 10.8 Å². The lowest BCUT2D eigenvalue weighted by Gasteiger charge is -2.48. The van der Waals surface area contributed by atoms with Gasteiger partial charge in [-0.2, -0.15) is 0 Å². The zero-order chi connectivity index (χ0) is 18.1. The first-order valence-corrected chi connectivity index (χ1v) is 9.93. The van der Waals surface area contributed by atoms with Gasteiger partial charge in [0.15, 0.2) is 0 Å². The van der Waals surface area contributed by atoms with Crippen molar-refractivity contribution in [1.29, 1.82) is 0 Å². The van der Waals surface area contributed by atoms with E-state index in [-0.39, 0.29) is 0 Å². The fourth-order valence-corrected chi connectivity index (χ4v) is 4.65. The van der Waals surface area contributed by atoms with Crippen LogP contribution in [-0.2, 0) is 9.59 Å². The van der Waals surface area contributed by atoms with Crippen LogP contribution in [0.2, 0.25) is 0 Å². The molecule has 24 heavy (non-hydrogen) atoms. The summed E-state index contributed by atoms with van der Waals surface area (Å²) in [5.74, 6) is -1.80. The van der Waals surface area contributed by atoms with Crippen molar-refractivity contribution in [3.8, 4) is 0 Å². The molecule has 0 radical (unpaired) electrons. The van der Waals surface area contributed by atoms with E-state index in [1.54, 1.807) is 0 Å². The molecule has 0 saturated heterocycles. The number of carbonyl (C=O) groups is 2. The molecule has 0 spiro atoms. The SMILES string of the molecule is CCCCCCCCCCC1(C(=O)O)CCCCC1(CC)C(=O)O. The molecule has 0 aliphatic heterocycles. The molecule has 0 amide bonds. The van der Waals surface area contributed by atoms with E-state index in [0.29, 0.717) is 25.7 Å². The molecule has 4 heteroatoms. The maximum Gasteiger partial charge on any atom is 0.310 e. The lowest BCUT2D eigenvalue weighted by Crippen LogP contribution is -2.54. The molecule has 140 valence electrons. The second kappa shape index (κ2) is 10.0. The van der Waals surface area contributed by atoms with Crippen molar-refractivity contribution in [3.05, 3.63) is 0 Å². The van der Waals surface area contributed by atoms with Crippen LogP contribution in [0.5, 0.6) is 0 Å². The second-order valence-electron chi connectivity index (χ2n) is 7.56. The van der Waals surface area contributed by atoms with Crippen molar-refractivity contribution in [2.24, 2.45) is 10.8 Å². The van der Waals surface area contributed by atoms with Gasteiger partial charge in [-0.15, -0.1) is 0 Å². The molecule has 1 fully saturated rings. The van der Waals surface area contributed by atoms with Crippen molar-refractivity contribution in [2.75, 3.05) is 0 Å². The minimum Gasteiger partial charge on any atom is -0.481 e. The smallest absolute Gasteiger partial charge is 0.310 e. The average Bonchev–Trinajstić information content (AvgIpc) is 2.57. The highest BCUT2D eigenvalue weighted by Gasteiger charge is 2.60. The predicted octanol–water partition coefficient (Wildman–Crippen LogP) is 5.64. The largest absolute Gasteiger partial charge is 0.481 e. The molecule has 1 saturated carbocycles. The minimum atomic E-state index is -1.09. The molecular formula is C20H36O4. The van der Waals surface area contributed by atoms with Crippen molar-refractivity contribution >= 4 is 11.9 Å². The van der Waals surface area contributed by atoms with Gasteiger partial charge in [-0.05, 0) is 25.7 Å². The van der Waals surface area contributed by atoms with E-state index in [4.69, 9.17) is 0 Å². The van der Waals surface area contributed by atoms with E-state index in [2.05, 4.69) is 6.92 Å². The highest BCUT2D eigenvalue weighted by Crippen LogP contribution is 2.56. The topological polar surface area (TPSA) is 74.6 Å². The van der Waals surface area contributed by atoms with Crippen molar-refractivity contribution in [1.82, 2.24) is 0 Å². The maximum atomic E-state index is 12.1. The van der Waals surface area contributed by atoms with E-state index in [0.717, 1.165) is 32.1 Å². The molecule has 1 aliphatic rings. The molecule has 2 unspecified atom stereocenters. The van der Waals surface area contributed by atoms with Crippen molar-refractivity contribution in [2.45, 2.75) is 104 Å². The van der Waals surface area contributed by atoms with Gasteiger partial charge in [0, 0.05) is 0 Å². The number of rotatable bonds is 12. The van der Waals surface area contributed by atoms with Gasteiger partial charge >= 0.3 is 11.9 Å². The summed E-state index contributed by atoms with van der Waals surface area (Å²) in [6.07, 6.45) is 12.9. The third-order valence-corrected chi connectivity index (χ3v) is 6.25. The van der Waals surface area contributed by atoms with Crippen molar-refractivity contribution in [3.63, 3.8) is 0 Å². The minimum absolute atomic E-state index is 0.408. The molecule has 1 rings (SSSR count). The van der Waals surface area contributed by atoms with E-state index < -0.39 is 22.8 Å². The lowest BCUT2D eigenvalue weighted by molar-refractivity contribution is -0.181. The Hall–Kier alpha value is -1.06. The van der Waals surface area contributed by atoms with Gasteiger partial charge in [0.2, 0.25) is 0 Å². The Bertz CT molecular complexity index is 406. The standard InChI is InChI=1S/C20H36O4/c1-3-5-6-7-8-9-10-11-15-20(18(23)24)16-13-12-14-19(20,4-2)17(21)22/h3-16H2,1-2H3,(H,21,22)(H,23,24). The number of aliphatic carboxylic acids is 2. The van der Waals surface area contributed by atoms with Gasteiger partial charge < -0.3 is 10.2 Å². The monoisotopic (exact) mass is 340 g/mol. The van der Waals surface area contributed by atoms with Gasteiger partial charge in [-0.3, -0.25) is 9.59 Å². The first-order chi connectivity index (χ1) is 11.5. The number of hydrogen-bond acceptors (Lipinski definition) is 2. The van der Waals surface area contributed by atoms with Crippen LogP contribution >= 0.6 is 0 Å². The van der Waals surface area contributed by atoms with Crippen LogP contribution in [0.1, 0.15) is 104 Å². The molecule has 0 aromatic rings. The summed E-state index contributed by atoms with van der Waals surface area (Å²) < 4.78 is 0. The molecule has 2 N–H and O–H groups in total.